The van der Waals surface area contributed by atoms with E-state index in [9.17, 15) is 13.2 Å². The Labute approximate surface area is 251 Å². The summed E-state index contributed by atoms with van der Waals surface area (Å²) in [6.45, 7) is 5.54. The Balaban J connectivity index is 1.31. The minimum absolute atomic E-state index is 0.0442. The number of ether oxygens (including phenoxy) is 2. The van der Waals surface area contributed by atoms with Crippen LogP contribution in [0.1, 0.15) is 57.6 Å². The van der Waals surface area contributed by atoms with Crippen LogP contribution in [0.3, 0.4) is 0 Å². The Hall–Kier alpha value is -3.90. The van der Waals surface area contributed by atoms with Crippen molar-refractivity contribution in [1.29, 1.82) is 0 Å². The molecule has 1 amide bonds. The molecule has 3 aromatic rings. The summed E-state index contributed by atoms with van der Waals surface area (Å²) in [4.78, 5) is 25.1. The largest absolute Gasteiger partial charge is 0.481 e. The number of anilines is 2. The number of carbonyl (C=O) groups excluding carboxylic acids is 1. The molecule has 4 rings (SSSR count). The first-order valence-electron chi connectivity index (χ1n) is 13.5. The van der Waals surface area contributed by atoms with Gasteiger partial charge in [-0.15, -0.1) is 0 Å². The topological polar surface area (TPSA) is 144 Å². The highest BCUT2D eigenvalue weighted by Crippen LogP contribution is 2.26. The number of aromatic nitrogens is 3. The smallest absolute Gasteiger partial charge is 0.407 e. The van der Waals surface area contributed by atoms with E-state index in [1.165, 1.54) is 25.3 Å². The van der Waals surface area contributed by atoms with Gasteiger partial charge in [0.1, 0.15) is 16.3 Å². The van der Waals surface area contributed by atoms with Crippen LogP contribution in [0.25, 0.3) is 12.2 Å². The van der Waals surface area contributed by atoms with Crippen LogP contribution in [0.2, 0.25) is 5.02 Å². The van der Waals surface area contributed by atoms with Crippen LogP contribution in [-0.4, -0.2) is 54.3 Å². The number of rotatable bonds is 9. The Morgan fingerprint density at radius 3 is 2.31 bits per heavy atom. The van der Waals surface area contributed by atoms with Crippen molar-refractivity contribution in [3.8, 4) is 5.88 Å². The lowest BCUT2D eigenvalue weighted by Gasteiger charge is -2.30. The van der Waals surface area contributed by atoms with E-state index < -0.39 is 15.6 Å². The predicted octanol–water partition coefficient (Wildman–Crippen LogP) is 5.75. The van der Waals surface area contributed by atoms with Gasteiger partial charge in [-0.25, -0.2) is 23.2 Å². The normalized spacial score (nSPS) is 17.5. The lowest BCUT2D eigenvalue weighted by Crippen LogP contribution is -2.42. The number of sulfonamides is 1. The zero-order valence-corrected chi connectivity index (χ0v) is 25.5. The van der Waals surface area contributed by atoms with Crippen molar-refractivity contribution >= 4 is 51.6 Å². The van der Waals surface area contributed by atoms with Crippen LogP contribution < -0.4 is 20.1 Å². The maximum Gasteiger partial charge on any atom is 0.407 e. The van der Waals surface area contributed by atoms with Crippen molar-refractivity contribution in [2.24, 2.45) is 0 Å². The second-order valence-corrected chi connectivity index (χ2v) is 12.9. The molecule has 224 valence electrons. The van der Waals surface area contributed by atoms with E-state index in [0.717, 1.165) is 31.2 Å². The molecular weight excluding hydrogens is 580 g/mol. The lowest BCUT2D eigenvalue weighted by molar-refractivity contribution is 0.0492. The summed E-state index contributed by atoms with van der Waals surface area (Å²) in [5, 5.41) is 6.43. The molecule has 2 aromatic heterocycles. The van der Waals surface area contributed by atoms with E-state index >= 15 is 0 Å². The average Bonchev–Trinajstić information content (AvgIpc) is 2.93. The van der Waals surface area contributed by atoms with E-state index in [4.69, 9.17) is 21.1 Å². The first-order valence-corrected chi connectivity index (χ1v) is 15.4. The third-order valence-electron chi connectivity index (χ3n) is 6.36. The van der Waals surface area contributed by atoms with Gasteiger partial charge in [0, 0.05) is 35.6 Å². The van der Waals surface area contributed by atoms with E-state index in [-0.39, 0.29) is 39.8 Å². The molecule has 1 aliphatic carbocycles. The highest BCUT2D eigenvalue weighted by atomic mass is 35.5. The van der Waals surface area contributed by atoms with Crippen LogP contribution >= 0.6 is 11.6 Å². The lowest BCUT2D eigenvalue weighted by atomic mass is 9.91. The van der Waals surface area contributed by atoms with E-state index in [1.807, 2.05) is 26.8 Å². The van der Waals surface area contributed by atoms with Crippen molar-refractivity contribution in [1.82, 2.24) is 20.3 Å². The minimum Gasteiger partial charge on any atom is -0.481 e. The maximum atomic E-state index is 12.7. The summed E-state index contributed by atoms with van der Waals surface area (Å²) >= 11 is 6.05. The Bertz CT molecular complexity index is 1520. The van der Waals surface area contributed by atoms with Gasteiger partial charge in [0.25, 0.3) is 10.0 Å². The fourth-order valence-electron chi connectivity index (χ4n) is 4.38. The van der Waals surface area contributed by atoms with Gasteiger partial charge < -0.3 is 20.1 Å². The van der Waals surface area contributed by atoms with Crippen molar-refractivity contribution in [2.75, 3.05) is 17.1 Å². The third-order valence-corrected chi connectivity index (χ3v) is 8.21. The van der Waals surface area contributed by atoms with Gasteiger partial charge in [0.15, 0.2) is 0 Å². The molecule has 0 atom stereocenters. The SMILES string of the molecule is COc1nc(NS(=O)(=O)c2ccccc2Cl)ccc1/C=C/c1cnc(NC2CCC(NC(=O)OC(C)(C)C)CC2)nc1. The molecule has 3 N–H and O–H groups in total. The first kappa shape index (κ1) is 31.0. The maximum absolute atomic E-state index is 12.7. The Morgan fingerprint density at radius 1 is 1.00 bits per heavy atom. The van der Waals surface area contributed by atoms with Gasteiger partial charge in [-0.2, -0.15) is 4.98 Å². The summed E-state index contributed by atoms with van der Waals surface area (Å²) in [5.41, 5.74) is 0.879. The highest BCUT2D eigenvalue weighted by molar-refractivity contribution is 7.92. The number of halogens is 1. The predicted molar refractivity (Wildman–Crippen MR) is 163 cm³/mol. The molecule has 1 saturated carbocycles. The minimum atomic E-state index is -3.93. The molecule has 0 unspecified atom stereocenters. The molecule has 1 aromatic carbocycles. The average molecular weight is 615 g/mol. The molecule has 1 fully saturated rings. The number of hydrogen-bond acceptors (Lipinski definition) is 9. The van der Waals surface area contributed by atoms with Crippen LogP contribution in [-0.2, 0) is 14.8 Å². The molecule has 42 heavy (non-hydrogen) atoms. The molecule has 11 nitrogen and oxygen atoms in total. The number of alkyl carbamates (subject to hydrolysis) is 1. The molecule has 0 radical (unpaired) electrons. The van der Waals surface area contributed by atoms with Gasteiger partial charge in [-0.3, -0.25) is 4.72 Å². The Morgan fingerprint density at radius 2 is 1.67 bits per heavy atom. The van der Waals surface area contributed by atoms with Gasteiger partial charge in [-0.05, 0) is 76.8 Å². The quantitative estimate of drug-likeness (QED) is 0.274. The van der Waals surface area contributed by atoms with Crippen LogP contribution in [0.5, 0.6) is 5.88 Å². The van der Waals surface area contributed by atoms with Crippen molar-refractivity contribution in [3.05, 3.63) is 64.9 Å². The number of nitrogens with one attached hydrogen (secondary N) is 3. The van der Waals surface area contributed by atoms with Crippen molar-refractivity contribution in [2.45, 2.75) is 69.0 Å². The van der Waals surface area contributed by atoms with Crippen LogP contribution in [0.15, 0.2) is 53.7 Å². The van der Waals surface area contributed by atoms with E-state index in [1.54, 1.807) is 36.7 Å². The summed E-state index contributed by atoms with van der Waals surface area (Å²) in [7, 11) is -2.47. The third kappa shape index (κ3) is 8.80. The monoisotopic (exact) mass is 614 g/mol. The summed E-state index contributed by atoms with van der Waals surface area (Å²) in [6.07, 6.45) is 10.1. The van der Waals surface area contributed by atoms with E-state index in [0.29, 0.717) is 11.5 Å². The van der Waals surface area contributed by atoms with Gasteiger partial charge in [0.05, 0.1) is 12.1 Å². The molecule has 1 aliphatic rings. The van der Waals surface area contributed by atoms with Crippen LogP contribution in [0, 0.1) is 0 Å². The number of nitrogens with zero attached hydrogens (tertiary/aromatic N) is 3. The summed E-state index contributed by atoms with van der Waals surface area (Å²) in [6, 6.07) is 9.70. The number of hydrogen-bond donors (Lipinski definition) is 3. The van der Waals surface area contributed by atoms with Gasteiger partial charge in [0.2, 0.25) is 11.8 Å². The zero-order chi connectivity index (χ0) is 30.3. The highest BCUT2D eigenvalue weighted by Gasteiger charge is 2.25. The number of benzene rings is 1. The second kappa shape index (κ2) is 13.4. The Kier molecular flexibility index (Phi) is 9.89. The fraction of sp³-hybridized carbons (Fsp3) is 0.379. The second-order valence-electron chi connectivity index (χ2n) is 10.8. The number of carbonyl (C=O) groups is 1. The van der Waals surface area contributed by atoms with Gasteiger partial charge >= 0.3 is 6.09 Å². The number of pyridine rings is 1. The molecule has 0 bridgehead atoms. The molecule has 2 heterocycles. The molecule has 13 heteroatoms. The van der Waals surface area contributed by atoms with Crippen LogP contribution in [0.4, 0.5) is 16.6 Å². The molecular formula is C29H35ClN6O5S. The summed E-state index contributed by atoms with van der Waals surface area (Å²) in [5.74, 6) is 0.865. The molecule has 0 spiro atoms. The molecule has 0 aliphatic heterocycles. The summed E-state index contributed by atoms with van der Waals surface area (Å²) < 4.78 is 38.6. The molecule has 0 saturated heterocycles. The first-order chi connectivity index (χ1) is 19.9. The fourth-order valence-corrected chi connectivity index (χ4v) is 5.90. The zero-order valence-electron chi connectivity index (χ0n) is 23.9. The number of methoxy groups -OCH3 is 1. The van der Waals surface area contributed by atoms with Crippen molar-refractivity contribution < 1.29 is 22.7 Å². The number of amides is 1. The van der Waals surface area contributed by atoms with Gasteiger partial charge in [-0.1, -0.05) is 29.8 Å². The van der Waals surface area contributed by atoms with Crippen molar-refractivity contribution in [3.63, 3.8) is 0 Å². The van der Waals surface area contributed by atoms with E-state index in [2.05, 4.69) is 30.3 Å². The standard InChI is InChI=1S/C29H35ClN6O5S/c1-29(2,3)41-28(37)34-22-14-12-21(13-15-22)33-27-31-17-19(18-32-27)9-10-20-11-16-25(35-26(20)40-4)36-42(38,39)24-8-6-5-7-23(24)30/h5-11,16-18,21-22H,12-15H2,1-4H3,(H,34,37)(H,35,36)(H,31,32,33)/b10-9+.